The van der Waals surface area contributed by atoms with Gasteiger partial charge in [-0.05, 0) is 18.1 Å². The summed E-state index contributed by atoms with van der Waals surface area (Å²) in [5.74, 6) is -0.647. The number of hydrogen-bond donors (Lipinski definition) is 1. The van der Waals surface area contributed by atoms with Gasteiger partial charge in [-0.3, -0.25) is 14.9 Å². The van der Waals surface area contributed by atoms with E-state index in [9.17, 15) is 28.1 Å². The summed E-state index contributed by atoms with van der Waals surface area (Å²) in [4.78, 5) is 21.1. The van der Waals surface area contributed by atoms with Crippen molar-refractivity contribution in [2.45, 2.75) is 24.9 Å². The minimum atomic E-state index is -4.69. The highest BCUT2D eigenvalue weighted by Crippen LogP contribution is 2.35. The first kappa shape index (κ1) is 17.4. The number of hydrogen-bond acceptors (Lipinski definition) is 3. The molecule has 1 unspecified atom stereocenters. The molecule has 0 bridgehead atoms. The highest BCUT2D eigenvalue weighted by Gasteiger charge is 2.33. The molecule has 0 heterocycles. The zero-order chi connectivity index (χ0) is 16.4. The molecule has 0 aliphatic carbocycles. The molecule has 1 atom stereocenters. The second-order valence-electron chi connectivity index (χ2n) is 4.62. The van der Waals surface area contributed by atoms with Crippen molar-refractivity contribution in [2.24, 2.45) is 5.92 Å². The third-order valence-corrected chi connectivity index (χ3v) is 4.09. The van der Waals surface area contributed by atoms with Crippen LogP contribution in [-0.2, 0) is 11.0 Å². The Labute approximate surface area is 126 Å². The van der Waals surface area contributed by atoms with Crippen molar-refractivity contribution in [2.75, 3.05) is 5.32 Å². The first-order valence-corrected chi connectivity index (χ1v) is 6.76. The van der Waals surface area contributed by atoms with Gasteiger partial charge in [0, 0.05) is 6.07 Å². The summed E-state index contributed by atoms with van der Waals surface area (Å²) < 4.78 is 37.6. The summed E-state index contributed by atoms with van der Waals surface area (Å²) in [6, 6.07) is 1.95. The Hall–Kier alpha value is -1.64. The van der Waals surface area contributed by atoms with Crippen molar-refractivity contribution in [1.29, 1.82) is 0 Å². The van der Waals surface area contributed by atoms with E-state index in [1.165, 1.54) is 0 Å². The van der Waals surface area contributed by atoms with Gasteiger partial charge < -0.3 is 5.32 Å². The fraction of sp³-hybridized carbons (Fsp3) is 0.417. The minimum Gasteiger partial charge on any atom is -0.319 e. The Morgan fingerprint density at radius 2 is 1.95 bits per heavy atom. The van der Waals surface area contributed by atoms with Crippen LogP contribution in [0.25, 0.3) is 0 Å². The highest BCUT2D eigenvalue weighted by molar-refractivity contribution is 9.10. The number of nitro benzene ring substituents is 1. The van der Waals surface area contributed by atoms with Gasteiger partial charge in [0.1, 0.15) is 5.69 Å². The summed E-state index contributed by atoms with van der Waals surface area (Å²) in [5.41, 5.74) is -2.23. The summed E-state index contributed by atoms with van der Waals surface area (Å²) >= 11 is 3.11. The summed E-state index contributed by atoms with van der Waals surface area (Å²) in [6.07, 6.45) is -4.69. The van der Waals surface area contributed by atoms with Crippen molar-refractivity contribution < 1.29 is 22.9 Å². The van der Waals surface area contributed by atoms with Gasteiger partial charge in [-0.25, -0.2) is 0 Å². The number of carbonyl (C=O) groups is 1. The number of benzene rings is 1. The largest absolute Gasteiger partial charge is 0.416 e. The minimum absolute atomic E-state index is 0.0847. The maximum absolute atomic E-state index is 12.5. The predicted molar refractivity (Wildman–Crippen MR) is 74.3 cm³/mol. The van der Waals surface area contributed by atoms with Crippen LogP contribution in [0.15, 0.2) is 18.2 Å². The van der Waals surface area contributed by atoms with Gasteiger partial charge in [0.2, 0.25) is 5.91 Å². The monoisotopic (exact) mass is 368 g/mol. The van der Waals surface area contributed by atoms with Crippen LogP contribution in [0.1, 0.15) is 19.4 Å². The molecule has 0 spiro atoms. The number of rotatable bonds is 4. The van der Waals surface area contributed by atoms with E-state index in [-0.39, 0.29) is 11.6 Å². The van der Waals surface area contributed by atoms with Crippen LogP contribution in [0, 0.1) is 16.0 Å². The topological polar surface area (TPSA) is 72.2 Å². The predicted octanol–water partition coefficient (Wildman–Crippen LogP) is 3.97. The average molecular weight is 369 g/mol. The van der Waals surface area contributed by atoms with Crippen LogP contribution in [0.4, 0.5) is 24.5 Å². The molecule has 0 fully saturated rings. The molecule has 1 aromatic carbocycles. The lowest BCUT2D eigenvalue weighted by molar-refractivity contribution is -0.384. The first-order valence-electron chi connectivity index (χ1n) is 5.84. The Morgan fingerprint density at radius 1 is 1.38 bits per heavy atom. The number of anilines is 1. The lowest BCUT2D eigenvalue weighted by atomic mass is 10.1. The Balaban J connectivity index is 3.14. The Kier molecular flexibility index (Phi) is 5.32. The zero-order valence-corrected chi connectivity index (χ0v) is 12.7. The third kappa shape index (κ3) is 4.42. The van der Waals surface area contributed by atoms with E-state index in [0.717, 1.165) is 6.07 Å². The van der Waals surface area contributed by atoms with E-state index in [1.807, 2.05) is 0 Å². The van der Waals surface area contributed by atoms with Crippen LogP contribution >= 0.6 is 15.9 Å². The molecule has 1 amide bonds. The smallest absolute Gasteiger partial charge is 0.319 e. The van der Waals surface area contributed by atoms with E-state index in [0.29, 0.717) is 12.1 Å². The van der Waals surface area contributed by atoms with Crippen molar-refractivity contribution in [3.05, 3.63) is 33.9 Å². The molecule has 0 radical (unpaired) electrons. The van der Waals surface area contributed by atoms with E-state index < -0.39 is 33.1 Å². The number of halogens is 4. The lowest BCUT2D eigenvalue weighted by Crippen LogP contribution is -2.27. The van der Waals surface area contributed by atoms with Crippen LogP contribution in [-0.4, -0.2) is 15.7 Å². The SMILES string of the molecule is CC(C)C(Br)C(=O)Nc1ccc(C(F)(F)F)cc1[N+](=O)[O-]. The normalized spacial score (nSPS) is 13.1. The second-order valence-corrected chi connectivity index (χ2v) is 5.61. The van der Waals surface area contributed by atoms with E-state index in [4.69, 9.17) is 0 Å². The quantitative estimate of drug-likeness (QED) is 0.496. The molecule has 116 valence electrons. The Bertz CT molecular complexity index is 561. The average Bonchev–Trinajstić information content (AvgIpc) is 2.36. The number of carbonyl (C=O) groups excluding carboxylic acids is 1. The maximum atomic E-state index is 12.5. The van der Waals surface area contributed by atoms with Gasteiger partial charge >= 0.3 is 6.18 Å². The molecular weight excluding hydrogens is 357 g/mol. The third-order valence-electron chi connectivity index (χ3n) is 2.62. The zero-order valence-electron chi connectivity index (χ0n) is 11.1. The maximum Gasteiger partial charge on any atom is 0.416 e. The Morgan fingerprint density at radius 3 is 2.38 bits per heavy atom. The van der Waals surface area contributed by atoms with Gasteiger partial charge in [0.25, 0.3) is 5.69 Å². The lowest BCUT2D eigenvalue weighted by Gasteiger charge is -2.14. The number of nitrogens with zero attached hydrogens (tertiary/aromatic N) is 1. The molecule has 1 aromatic rings. The molecule has 0 aliphatic heterocycles. The van der Waals surface area contributed by atoms with Gasteiger partial charge in [-0.2, -0.15) is 13.2 Å². The fourth-order valence-corrected chi connectivity index (χ4v) is 1.58. The molecular formula is C12H12BrF3N2O3. The standard InChI is InChI=1S/C12H12BrF3N2O3/c1-6(2)10(13)11(19)17-8-4-3-7(12(14,15)16)5-9(8)18(20)21/h3-6,10H,1-2H3,(H,17,19). The molecule has 9 heteroatoms. The molecule has 0 saturated carbocycles. The number of nitrogens with one attached hydrogen (secondary N) is 1. The molecule has 1 N–H and O–H groups in total. The van der Waals surface area contributed by atoms with Crippen LogP contribution in [0.5, 0.6) is 0 Å². The number of nitro groups is 1. The molecule has 1 rings (SSSR count). The summed E-state index contributed by atoms with van der Waals surface area (Å²) in [5, 5.41) is 13.1. The fourth-order valence-electron chi connectivity index (χ4n) is 1.47. The highest BCUT2D eigenvalue weighted by atomic mass is 79.9. The number of alkyl halides is 4. The van der Waals surface area contributed by atoms with Gasteiger partial charge in [0.05, 0.1) is 15.3 Å². The van der Waals surface area contributed by atoms with Gasteiger partial charge in [-0.15, -0.1) is 0 Å². The van der Waals surface area contributed by atoms with Crippen molar-refractivity contribution >= 4 is 33.2 Å². The molecule has 0 saturated heterocycles. The molecule has 5 nitrogen and oxygen atoms in total. The van der Waals surface area contributed by atoms with Crippen molar-refractivity contribution in [3.63, 3.8) is 0 Å². The summed E-state index contributed by atoms with van der Waals surface area (Å²) in [6.45, 7) is 3.50. The first-order chi connectivity index (χ1) is 9.54. The van der Waals surface area contributed by atoms with Gasteiger partial charge in [-0.1, -0.05) is 29.8 Å². The van der Waals surface area contributed by atoms with E-state index in [1.54, 1.807) is 13.8 Å². The van der Waals surface area contributed by atoms with Gasteiger partial charge in [0.15, 0.2) is 0 Å². The molecule has 21 heavy (non-hydrogen) atoms. The van der Waals surface area contributed by atoms with Crippen LogP contribution in [0.3, 0.4) is 0 Å². The summed E-state index contributed by atoms with van der Waals surface area (Å²) in [7, 11) is 0. The van der Waals surface area contributed by atoms with Crippen LogP contribution in [0.2, 0.25) is 0 Å². The van der Waals surface area contributed by atoms with E-state index in [2.05, 4.69) is 21.2 Å². The molecule has 0 aromatic heterocycles. The second kappa shape index (κ2) is 6.42. The van der Waals surface area contributed by atoms with E-state index >= 15 is 0 Å². The number of amides is 1. The van der Waals surface area contributed by atoms with Crippen molar-refractivity contribution in [3.8, 4) is 0 Å². The van der Waals surface area contributed by atoms with Crippen LogP contribution < -0.4 is 5.32 Å². The van der Waals surface area contributed by atoms with Crippen molar-refractivity contribution in [1.82, 2.24) is 0 Å². The molecule has 0 aliphatic rings.